The van der Waals surface area contributed by atoms with E-state index in [4.69, 9.17) is 4.98 Å². The number of nitrogens with zero attached hydrogens (tertiary/aromatic N) is 2. The first-order valence-corrected chi connectivity index (χ1v) is 10.5. The first-order valence-electron chi connectivity index (χ1n) is 10.5. The van der Waals surface area contributed by atoms with E-state index in [1.54, 1.807) is 0 Å². The van der Waals surface area contributed by atoms with Gasteiger partial charge in [-0.3, -0.25) is 4.79 Å². The maximum Gasteiger partial charge on any atom is 0.225 e. The van der Waals surface area contributed by atoms with E-state index >= 15 is 0 Å². The molecule has 1 heterocycles. The lowest BCUT2D eigenvalue weighted by Gasteiger charge is -2.18. The summed E-state index contributed by atoms with van der Waals surface area (Å²) in [4.78, 5) is 17.0. The SMILES string of the molecule is Cc1cc(C)c(Cn2c(CCCNC(=O)C(C)(C)C)nc3ccccc32)c(C)c1. The molecule has 29 heavy (non-hydrogen) atoms. The molecule has 0 aliphatic carbocycles. The largest absolute Gasteiger partial charge is 0.356 e. The smallest absolute Gasteiger partial charge is 0.225 e. The summed E-state index contributed by atoms with van der Waals surface area (Å²) in [6.45, 7) is 13.8. The molecule has 0 bridgehead atoms. The van der Waals surface area contributed by atoms with Gasteiger partial charge in [0.1, 0.15) is 5.82 Å². The van der Waals surface area contributed by atoms with Crippen LogP contribution in [-0.2, 0) is 17.8 Å². The van der Waals surface area contributed by atoms with E-state index in [1.165, 1.54) is 27.8 Å². The highest BCUT2D eigenvalue weighted by Crippen LogP contribution is 2.23. The van der Waals surface area contributed by atoms with Crippen LogP contribution in [0.2, 0.25) is 0 Å². The number of para-hydroxylation sites is 2. The third-order valence-corrected chi connectivity index (χ3v) is 5.43. The molecule has 2 aromatic carbocycles. The molecule has 3 rings (SSSR count). The molecule has 0 radical (unpaired) electrons. The Bertz CT molecular complexity index is 1000. The van der Waals surface area contributed by atoms with Gasteiger partial charge >= 0.3 is 0 Å². The highest BCUT2D eigenvalue weighted by Gasteiger charge is 2.20. The number of carbonyl (C=O) groups excluding carboxylic acids is 1. The molecule has 0 aliphatic rings. The van der Waals surface area contributed by atoms with Crippen molar-refractivity contribution >= 4 is 16.9 Å². The fraction of sp³-hybridized carbons (Fsp3) is 0.440. The van der Waals surface area contributed by atoms with Crippen LogP contribution < -0.4 is 5.32 Å². The molecule has 4 nitrogen and oxygen atoms in total. The third-order valence-electron chi connectivity index (χ3n) is 5.43. The fourth-order valence-electron chi connectivity index (χ4n) is 3.82. The standard InChI is InChI=1S/C25H33N3O/c1-17-14-18(2)20(19(3)15-17)16-28-22-11-8-7-10-21(22)27-23(28)12-9-13-26-24(29)25(4,5)6/h7-8,10-11,14-15H,9,12-13,16H2,1-6H3,(H,26,29). The lowest BCUT2D eigenvalue weighted by molar-refractivity contribution is -0.128. The Labute approximate surface area is 174 Å². The molecule has 0 spiro atoms. The number of amides is 1. The summed E-state index contributed by atoms with van der Waals surface area (Å²) in [7, 11) is 0. The molecule has 0 atom stereocenters. The Morgan fingerprint density at radius 3 is 2.38 bits per heavy atom. The Kier molecular flexibility index (Phi) is 6.11. The summed E-state index contributed by atoms with van der Waals surface area (Å²) in [5.41, 5.74) is 7.15. The van der Waals surface area contributed by atoms with Crippen LogP contribution in [0.15, 0.2) is 36.4 Å². The van der Waals surface area contributed by atoms with Crippen LogP contribution in [-0.4, -0.2) is 22.0 Å². The van der Waals surface area contributed by atoms with Crippen molar-refractivity contribution in [1.29, 1.82) is 0 Å². The van der Waals surface area contributed by atoms with Gasteiger partial charge in [-0.2, -0.15) is 0 Å². The monoisotopic (exact) mass is 391 g/mol. The minimum absolute atomic E-state index is 0.0944. The van der Waals surface area contributed by atoms with E-state index in [9.17, 15) is 4.79 Å². The average molecular weight is 392 g/mol. The second kappa shape index (κ2) is 8.40. The number of rotatable bonds is 6. The van der Waals surface area contributed by atoms with E-state index in [2.05, 4.69) is 61.0 Å². The van der Waals surface area contributed by atoms with Crippen molar-refractivity contribution in [3.63, 3.8) is 0 Å². The molecule has 154 valence electrons. The van der Waals surface area contributed by atoms with Gasteiger partial charge in [0.15, 0.2) is 0 Å². The second-order valence-electron chi connectivity index (χ2n) is 9.09. The van der Waals surface area contributed by atoms with Crippen LogP contribution >= 0.6 is 0 Å². The summed E-state index contributed by atoms with van der Waals surface area (Å²) < 4.78 is 2.34. The van der Waals surface area contributed by atoms with E-state index in [0.717, 1.165) is 30.7 Å². The number of hydrogen-bond acceptors (Lipinski definition) is 2. The molecule has 1 N–H and O–H groups in total. The van der Waals surface area contributed by atoms with Gasteiger partial charge in [-0.1, -0.05) is 50.6 Å². The van der Waals surface area contributed by atoms with Gasteiger partial charge in [-0.05, 0) is 56.0 Å². The summed E-state index contributed by atoms with van der Waals surface area (Å²) >= 11 is 0. The maximum absolute atomic E-state index is 12.1. The number of hydrogen-bond donors (Lipinski definition) is 1. The molecule has 0 fully saturated rings. The van der Waals surface area contributed by atoms with Crippen LogP contribution in [0, 0.1) is 26.2 Å². The molecule has 0 saturated heterocycles. The van der Waals surface area contributed by atoms with Crippen molar-refractivity contribution in [3.05, 3.63) is 64.5 Å². The summed E-state index contributed by atoms with van der Waals surface area (Å²) in [6, 6.07) is 12.8. The number of imidazole rings is 1. The molecule has 1 aromatic heterocycles. The number of carbonyl (C=O) groups is 1. The van der Waals surface area contributed by atoms with Gasteiger partial charge in [0.2, 0.25) is 5.91 Å². The lowest BCUT2D eigenvalue weighted by Crippen LogP contribution is -2.35. The highest BCUT2D eigenvalue weighted by molar-refractivity contribution is 5.81. The predicted molar refractivity (Wildman–Crippen MR) is 120 cm³/mol. The Balaban J connectivity index is 1.83. The maximum atomic E-state index is 12.1. The molecule has 1 amide bonds. The van der Waals surface area contributed by atoms with E-state index < -0.39 is 0 Å². The summed E-state index contributed by atoms with van der Waals surface area (Å²) in [6.07, 6.45) is 1.71. The van der Waals surface area contributed by atoms with Crippen molar-refractivity contribution in [3.8, 4) is 0 Å². The van der Waals surface area contributed by atoms with E-state index in [0.29, 0.717) is 6.54 Å². The van der Waals surface area contributed by atoms with Crippen LogP contribution in [0.1, 0.15) is 55.3 Å². The minimum atomic E-state index is -0.354. The van der Waals surface area contributed by atoms with Crippen molar-refractivity contribution in [1.82, 2.24) is 14.9 Å². The fourth-order valence-corrected chi connectivity index (χ4v) is 3.82. The number of nitrogens with one attached hydrogen (secondary N) is 1. The predicted octanol–water partition coefficient (Wildman–Crippen LogP) is 5.10. The number of fused-ring (bicyclic) bond motifs is 1. The zero-order chi connectivity index (χ0) is 21.2. The molecular weight excluding hydrogens is 358 g/mol. The first kappa shape index (κ1) is 21.1. The zero-order valence-corrected chi connectivity index (χ0v) is 18.6. The van der Waals surface area contributed by atoms with Gasteiger partial charge in [0.25, 0.3) is 0 Å². The van der Waals surface area contributed by atoms with Crippen molar-refractivity contribution in [2.75, 3.05) is 6.54 Å². The van der Waals surface area contributed by atoms with Gasteiger partial charge in [-0.15, -0.1) is 0 Å². The van der Waals surface area contributed by atoms with Crippen molar-refractivity contribution in [2.24, 2.45) is 5.41 Å². The minimum Gasteiger partial charge on any atom is -0.356 e. The third kappa shape index (κ3) is 4.87. The van der Waals surface area contributed by atoms with Crippen molar-refractivity contribution < 1.29 is 4.79 Å². The molecule has 4 heteroatoms. The quantitative estimate of drug-likeness (QED) is 0.594. The van der Waals surface area contributed by atoms with Gasteiger partial charge in [0, 0.05) is 24.9 Å². The molecule has 0 unspecified atom stereocenters. The first-order chi connectivity index (χ1) is 13.7. The normalized spacial score (nSPS) is 11.8. The van der Waals surface area contributed by atoms with Gasteiger partial charge in [0.05, 0.1) is 11.0 Å². The van der Waals surface area contributed by atoms with Crippen LogP contribution in [0.25, 0.3) is 11.0 Å². The van der Waals surface area contributed by atoms with Crippen molar-refractivity contribution in [2.45, 2.75) is 60.9 Å². The van der Waals surface area contributed by atoms with E-state index in [1.807, 2.05) is 26.8 Å². The summed E-state index contributed by atoms with van der Waals surface area (Å²) in [5, 5.41) is 3.04. The van der Waals surface area contributed by atoms with E-state index in [-0.39, 0.29) is 11.3 Å². The Morgan fingerprint density at radius 1 is 1.07 bits per heavy atom. The lowest BCUT2D eigenvalue weighted by atomic mass is 9.96. The number of aromatic nitrogens is 2. The second-order valence-corrected chi connectivity index (χ2v) is 9.09. The Hall–Kier alpha value is -2.62. The van der Waals surface area contributed by atoms with Crippen LogP contribution in [0.3, 0.4) is 0 Å². The molecule has 0 saturated carbocycles. The number of benzene rings is 2. The van der Waals surface area contributed by atoms with Gasteiger partial charge in [-0.25, -0.2) is 4.98 Å². The average Bonchev–Trinajstić information content (AvgIpc) is 2.98. The molecule has 3 aromatic rings. The van der Waals surface area contributed by atoms with Crippen LogP contribution in [0.4, 0.5) is 0 Å². The topological polar surface area (TPSA) is 46.9 Å². The van der Waals surface area contributed by atoms with Gasteiger partial charge < -0.3 is 9.88 Å². The number of aryl methyl sites for hydroxylation is 4. The highest BCUT2D eigenvalue weighted by atomic mass is 16.2. The molecule has 0 aliphatic heterocycles. The summed E-state index contributed by atoms with van der Waals surface area (Å²) in [5.74, 6) is 1.17. The molecular formula is C25H33N3O. The van der Waals surface area contributed by atoms with Crippen LogP contribution in [0.5, 0.6) is 0 Å². The Morgan fingerprint density at radius 2 is 1.72 bits per heavy atom. The zero-order valence-electron chi connectivity index (χ0n) is 18.6.